The number of benzene rings is 1. The van der Waals surface area contributed by atoms with Crippen LogP contribution < -0.4 is 0 Å². The molecule has 0 aliphatic rings. The molecule has 0 saturated carbocycles. The number of rotatable bonds is 11. The van der Waals surface area contributed by atoms with Gasteiger partial charge in [-0.15, -0.1) is 0 Å². The maximum atomic E-state index is 12.2. The van der Waals surface area contributed by atoms with E-state index in [4.69, 9.17) is 4.74 Å². The molecule has 4 heteroatoms. The zero-order valence-corrected chi connectivity index (χ0v) is 14.5. The van der Waals surface area contributed by atoms with Gasteiger partial charge in [0.1, 0.15) is 0 Å². The molecule has 24 heavy (non-hydrogen) atoms. The number of carbonyl (C=O) groups excluding carboxylic acids is 2. The van der Waals surface area contributed by atoms with Gasteiger partial charge in [0.2, 0.25) is 6.41 Å². The Bertz CT molecular complexity index is 660. The Morgan fingerprint density at radius 3 is 2.46 bits per heavy atom. The first kappa shape index (κ1) is 18.2. The second kappa shape index (κ2) is 9.91. The fourth-order valence-electron chi connectivity index (χ4n) is 2.94. The van der Waals surface area contributed by atoms with E-state index in [1.54, 1.807) is 24.4 Å². The van der Waals surface area contributed by atoms with Crippen LogP contribution in [0.25, 0.3) is 10.9 Å². The molecule has 130 valence electrons. The summed E-state index contributed by atoms with van der Waals surface area (Å²) in [5.41, 5.74) is 1.25. The third-order valence-electron chi connectivity index (χ3n) is 4.33. The van der Waals surface area contributed by atoms with Crippen LogP contribution in [0, 0.1) is 0 Å². The molecular formula is C20H27NO3. The second-order valence-corrected chi connectivity index (χ2v) is 6.18. The largest absolute Gasteiger partial charge is 0.462 e. The van der Waals surface area contributed by atoms with E-state index < -0.39 is 0 Å². The van der Waals surface area contributed by atoms with Crippen LogP contribution in [0.5, 0.6) is 0 Å². The molecule has 2 rings (SSSR count). The molecule has 4 nitrogen and oxygen atoms in total. The van der Waals surface area contributed by atoms with Gasteiger partial charge in [0.05, 0.1) is 17.7 Å². The topological polar surface area (TPSA) is 48.3 Å². The molecule has 0 saturated heterocycles. The van der Waals surface area contributed by atoms with Crippen molar-refractivity contribution in [1.29, 1.82) is 0 Å². The highest BCUT2D eigenvalue weighted by molar-refractivity contribution is 6.04. The lowest BCUT2D eigenvalue weighted by Gasteiger charge is -2.06. The predicted molar refractivity (Wildman–Crippen MR) is 97.0 cm³/mol. The molecule has 1 heterocycles. The van der Waals surface area contributed by atoms with Crippen molar-refractivity contribution in [2.45, 2.75) is 58.3 Å². The van der Waals surface area contributed by atoms with Crippen molar-refractivity contribution < 1.29 is 14.3 Å². The van der Waals surface area contributed by atoms with Crippen molar-refractivity contribution in [3.8, 4) is 0 Å². The predicted octanol–water partition coefficient (Wildman–Crippen LogP) is 4.98. The van der Waals surface area contributed by atoms with Crippen molar-refractivity contribution in [2.75, 3.05) is 6.61 Å². The van der Waals surface area contributed by atoms with E-state index in [2.05, 4.69) is 6.92 Å². The Balaban J connectivity index is 1.73. The molecule has 0 aliphatic heterocycles. The van der Waals surface area contributed by atoms with Gasteiger partial charge in [-0.1, -0.05) is 57.9 Å². The number of esters is 1. The minimum Gasteiger partial charge on any atom is -0.462 e. The highest BCUT2D eigenvalue weighted by Crippen LogP contribution is 2.20. The monoisotopic (exact) mass is 329 g/mol. The Labute approximate surface area is 143 Å². The first-order valence-corrected chi connectivity index (χ1v) is 9.00. The van der Waals surface area contributed by atoms with Gasteiger partial charge in [-0.25, -0.2) is 4.79 Å². The molecule has 0 bridgehead atoms. The first-order valence-electron chi connectivity index (χ1n) is 9.00. The third-order valence-corrected chi connectivity index (χ3v) is 4.33. The Kier molecular flexibility index (Phi) is 7.53. The number of hydrogen-bond donors (Lipinski definition) is 0. The minimum atomic E-state index is -0.313. The highest BCUT2D eigenvalue weighted by atomic mass is 16.5. The van der Waals surface area contributed by atoms with Gasteiger partial charge in [-0.05, 0) is 24.6 Å². The van der Waals surface area contributed by atoms with Crippen LogP contribution in [0.4, 0.5) is 0 Å². The summed E-state index contributed by atoms with van der Waals surface area (Å²) in [6.45, 7) is 2.68. The van der Waals surface area contributed by atoms with Crippen LogP contribution in [-0.2, 0) is 9.53 Å². The van der Waals surface area contributed by atoms with Crippen molar-refractivity contribution in [1.82, 2.24) is 4.57 Å². The molecular weight excluding hydrogens is 302 g/mol. The van der Waals surface area contributed by atoms with Gasteiger partial charge in [-0.3, -0.25) is 9.36 Å². The number of unbranched alkanes of at least 4 members (excludes halogenated alkanes) is 7. The molecule has 1 aromatic carbocycles. The van der Waals surface area contributed by atoms with E-state index in [0.717, 1.165) is 30.2 Å². The van der Waals surface area contributed by atoms with E-state index in [1.165, 1.54) is 43.1 Å². The summed E-state index contributed by atoms with van der Waals surface area (Å²) in [7, 11) is 0. The van der Waals surface area contributed by atoms with Crippen LogP contribution in [0.15, 0.2) is 30.5 Å². The number of fused-ring (bicyclic) bond motifs is 1. The van der Waals surface area contributed by atoms with Crippen LogP contribution in [-0.4, -0.2) is 23.6 Å². The van der Waals surface area contributed by atoms with Gasteiger partial charge < -0.3 is 4.74 Å². The Hall–Kier alpha value is -2.10. The summed E-state index contributed by atoms with van der Waals surface area (Å²) in [4.78, 5) is 23.2. The first-order chi connectivity index (χ1) is 11.8. The average molecular weight is 329 g/mol. The summed E-state index contributed by atoms with van der Waals surface area (Å²) in [5.74, 6) is -0.313. The Morgan fingerprint density at radius 2 is 1.75 bits per heavy atom. The highest BCUT2D eigenvalue weighted by Gasteiger charge is 2.13. The Morgan fingerprint density at radius 1 is 1.04 bits per heavy atom. The normalized spacial score (nSPS) is 10.9. The maximum Gasteiger partial charge on any atom is 0.338 e. The second-order valence-electron chi connectivity index (χ2n) is 6.18. The molecule has 0 spiro atoms. The molecule has 0 aliphatic carbocycles. The zero-order valence-electron chi connectivity index (χ0n) is 14.5. The van der Waals surface area contributed by atoms with Crippen LogP contribution in [0.3, 0.4) is 0 Å². The van der Waals surface area contributed by atoms with E-state index >= 15 is 0 Å². The molecule has 0 radical (unpaired) electrons. The summed E-state index contributed by atoms with van der Waals surface area (Å²) in [6.07, 6.45) is 12.1. The van der Waals surface area contributed by atoms with Crippen molar-refractivity contribution >= 4 is 23.3 Å². The molecule has 0 fully saturated rings. The van der Waals surface area contributed by atoms with E-state index in [-0.39, 0.29) is 5.97 Å². The lowest BCUT2D eigenvalue weighted by molar-refractivity contribution is 0.0500. The van der Waals surface area contributed by atoms with Gasteiger partial charge in [0, 0.05) is 11.6 Å². The van der Waals surface area contributed by atoms with E-state index in [9.17, 15) is 9.59 Å². The number of ether oxygens (including phenoxy) is 1. The van der Waals surface area contributed by atoms with Crippen molar-refractivity contribution in [3.63, 3.8) is 0 Å². The van der Waals surface area contributed by atoms with Crippen LogP contribution in [0.1, 0.15) is 68.6 Å². The summed E-state index contributed by atoms with van der Waals surface area (Å²) in [6, 6.07) is 7.11. The number of nitrogens with zero attached hydrogens (tertiary/aromatic N) is 1. The lowest BCUT2D eigenvalue weighted by Crippen LogP contribution is -2.07. The summed E-state index contributed by atoms with van der Waals surface area (Å²) < 4.78 is 6.85. The smallest absolute Gasteiger partial charge is 0.338 e. The van der Waals surface area contributed by atoms with Gasteiger partial charge >= 0.3 is 5.97 Å². The standard InChI is InChI=1S/C20H27NO3/c1-2-3-4-5-6-7-8-9-15-24-20(23)18-11-10-12-19-17(18)13-14-21(19)16-22/h10-14,16H,2-9,15H2,1H3. The van der Waals surface area contributed by atoms with Crippen molar-refractivity contribution in [3.05, 3.63) is 36.0 Å². The molecule has 0 atom stereocenters. The fourth-order valence-corrected chi connectivity index (χ4v) is 2.94. The molecule has 0 unspecified atom stereocenters. The molecule has 0 N–H and O–H groups in total. The zero-order chi connectivity index (χ0) is 17.2. The van der Waals surface area contributed by atoms with Gasteiger partial charge in [-0.2, -0.15) is 0 Å². The van der Waals surface area contributed by atoms with Gasteiger partial charge in [0.25, 0.3) is 0 Å². The molecule has 2 aromatic rings. The van der Waals surface area contributed by atoms with Crippen LogP contribution >= 0.6 is 0 Å². The molecule has 0 amide bonds. The van der Waals surface area contributed by atoms with Gasteiger partial charge in [0.15, 0.2) is 0 Å². The number of aromatic nitrogens is 1. The lowest BCUT2D eigenvalue weighted by atomic mass is 10.1. The fraction of sp³-hybridized carbons (Fsp3) is 0.500. The summed E-state index contributed by atoms with van der Waals surface area (Å²) in [5, 5.41) is 0.755. The van der Waals surface area contributed by atoms with E-state index in [0.29, 0.717) is 12.2 Å². The average Bonchev–Trinajstić information content (AvgIpc) is 3.03. The SMILES string of the molecule is CCCCCCCCCCOC(=O)c1cccc2c1ccn2C=O. The third kappa shape index (κ3) is 4.95. The van der Waals surface area contributed by atoms with E-state index in [1.807, 2.05) is 6.07 Å². The number of hydrogen-bond acceptors (Lipinski definition) is 3. The molecule has 1 aromatic heterocycles. The minimum absolute atomic E-state index is 0.313. The summed E-state index contributed by atoms with van der Waals surface area (Å²) >= 11 is 0. The van der Waals surface area contributed by atoms with Crippen LogP contribution in [0.2, 0.25) is 0 Å². The maximum absolute atomic E-state index is 12.2. The quantitative estimate of drug-likeness (QED) is 0.332. The van der Waals surface area contributed by atoms with Crippen molar-refractivity contribution in [2.24, 2.45) is 0 Å². The number of carbonyl (C=O) groups is 2.